The molecule has 0 spiro atoms. The highest BCUT2D eigenvalue weighted by Crippen LogP contribution is 2.64. The Kier molecular flexibility index (Phi) is 4.96. The molecule has 6 atom stereocenters. The van der Waals surface area contributed by atoms with Crippen molar-refractivity contribution in [2.45, 2.75) is 25.7 Å². The molecule has 8 heteroatoms. The summed E-state index contributed by atoms with van der Waals surface area (Å²) >= 11 is 6.64. The van der Waals surface area contributed by atoms with E-state index < -0.39 is 29.1 Å². The molecule has 2 aliphatic carbocycles. The minimum absolute atomic E-state index is 0.00608. The molecule has 4 amide bonds. The van der Waals surface area contributed by atoms with Crippen LogP contribution < -0.4 is 4.90 Å². The van der Waals surface area contributed by atoms with E-state index in [9.17, 15) is 24.3 Å². The van der Waals surface area contributed by atoms with E-state index in [-0.39, 0.29) is 40.3 Å². The Morgan fingerprint density at radius 2 is 1.69 bits per heavy atom. The fourth-order valence-electron chi connectivity index (χ4n) is 7.09. The van der Waals surface area contributed by atoms with Crippen LogP contribution in [0.1, 0.15) is 31.2 Å². The average Bonchev–Trinajstić information content (AvgIpc) is 3.20. The van der Waals surface area contributed by atoms with Gasteiger partial charge in [0.1, 0.15) is 5.75 Å². The molecule has 4 aliphatic rings. The maximum atomic E-state index is 14.2. The molecule has 2 aromatic carbocycles. The Balaban J connectivity index is 1.56. The van der Waals surface area contributed by atoms with Crippen molar-refractivity contribution in [2.24, 2.45) is 29.1 Å². The van der Waals surface area contributed by atoms with Crippen LogP contribution in [0.15, 0.2) is 60.2 Å². The van der Waals surface area contributed by atoms with Gasteiger partial charge < -0.3 is 5.11 Å². The van der Waals surface area contributed by atoms with E-state index in [1.807, 2.05) is 19.1 Å². The number of carbonyl (C=O) groups is 4. The highest BCUT2D eigenvalue weighted by atomic mass is 35.5. The second-order valence-corrected chi connectivity index (χ2v) is 10.8. The molecule has 0 radical (unpaired) electrons. The molecule has 2 aromatic rings. The van der Waals surface area contributed by atoms with Crippen LogP contribution in [-0.2, 0) is 19.2 Å². The standard InChI is InChI=1S/C28H25ClN2O5/c1-28-20(25(34)31(27(28)36)14-6-4-3-5-7-14)13-19-16(23(28)17-9-8-15(32)12-21(17)29)10-11-18-22(19)26(35)30(2)24(18)33/h3-10,12,18-20,22-23,32H,11,13H2,1-2H3. The van der Waals surface area contributed by atoms with Crippen molar-refractivity contribution in [3.8, 4) is 5.75 Å². The maximum Gasteiger partial charge on any atom is 0.241 e. The van der Waals surface area contributed by atoms with Crippen LogP contribution in [0.5, 0.6) is 5.75 Å². The third-order valence-corrected chi connectivity index (χ3v) is 9.13. The lowest BCUT2D eigenvalue weighted by Gasteiger charge is -2.49. The Morgan fingerprint density at radius 3 is 2.39 bits per heavy atom. The van der Waals surface area contributed by atoms with E-state index in [0.717, 1.165) is 5.57 Å². The zero-order chi connectivity index (χ0) is 25.5. The number of anilines is 1. The normalized spacial score (nSPS) is 33.4. The number of phenols is 1. The first kappa shape index (κ1) is 23.0. The first-order valence-electron chi connectivity index (χ1n) is 12.1. The number of imide groups is 2. The lowest BCUT2D eigenvalue weighted by molar-refractivity contribution is -0.138. The number of phenolic OH excluding ortho intramolecular Hbond substituents is 1. The number of aromatic hydroxyl groups is 1. The summed E-state index contributed by atoms with van der Waals surface area (Å²) in [6.45, 7) is 1.81. The topological polar surface area (TPSA) is 95.0 Å². The molecule has 36 heavy (non-hydrogen) atoms. The summed E-state index contributed by atoms with van der Waals surface area (Å²) in [7, 11) is 1.51. The van der Waals surface area contributed by atoms with Gasteiger partial charge >= 0.3 is 0 Å². The van der Waals surface area contributed by atoms with E-state index in [2.05, 4.69) is 0 Å². The van der Waals surface area contributed by atoms with Gasteiger partial charge in [-0.05, 0) is 55.5 Å². The summed E-state index contributed by atoms with van der Waals surface area (Å²) in [6, 6.07) is 13.5. The Hall–Kier alpha value is -3.45. The van der Waals surface area contributed by atoms with Crippen LogP contribution in [0.2, 0.25) is 5.02 Å². The number of fused-ring (bicyclic) bond motifs is 4. The van der Waals surface area contributed by atoms with Crippen LogP contribution in [-0.4, -0.2) is 40.7 Å². The molecule has 0 bridgehead atoms. The van der Waals surface area contributed by atoms with Gasteiger partial charge in [0.2, 0.25) is 23.6 Å². The van der Waals surface area contributed by atoms with E-state index >= 15 is 0 Å². The smallest absolute Gasteiger partial charge is 0.241 e. The molecule has 0 aromatic heterocycles. The van der Waals surface area contributed by atoms with Gasteiger partial charge in [-0.2, -0.15) is 0 Å². The monoisotopic (exact) mass is 504 g/mol. The van der Waals surface area contributed by atoms with E-state index in [1.165, 1.54) is 29.0 Å². The van der Waals surface area contributed by atoms with Gasteiger partial charge in [0, 0.05) is 18.0 Å². The molecule has 7 nitrogen and oxygen atoms in total. The molecule has 2 saturated heterocycles. The summed E-state index contributed by atoms with van der Waals surface area (Å²) in [5.74, 6) is -3.76. The molecule has 6 unspecified atom stereocenters. The van der Waals surface area contributed by atoms with E-state index in [0.29, 0.717) is 24.1 Å². The molecule has 2 aliphatic heterocycles. The number of hydrogen-bond donors (Lipinski definition) is 1. The molecular formula is C28H25ClN2O5. The zero-order valence-corrected chi connectivity index (χ0v) is 20.6. The van der Waals surface area contributed by atoms with Crippen LogP contribution >= 0.6 is 11.6 Å². The fraction of sp³-hybridized carbons (Fsp3) is 0.357. The number of rotatable bonds is 2. The van der Waals surface area contributed by atoms with E-state index in [1.54, 1.807) is 30.3 Å². The van der Waals surface area contributed by atoms with Gasteiger partial charge in [-0.1, -0.05) is 47.5 Å². The predicted molar refractivity (Wildman–Crippen MR) is 132 cm³/mol. The second-order valence-electron chi connectivity index (χ2n) is 10.4. The number of benzene rings is 2. The van der Waals surface area contributed by atoms with Crippen LogP contribution in [0.4, 0.5) is 5.69 Å². The van der Waals surface area contributed by atoms with Crippen molar-refractivity contribution in [2.75, 3.05) is 11.9 Å². The van der Waals surface area contributed by atoms with Crippen LogP contribution in [0, 0.1) is 29.1 Å². The summed E-state index contributed by atoms with van der Waals surface area (Å²) in [4.78, 5) is 56.5. The van der Waals surface area contributed by atoms with Gasteiger partial charge in [-0.15, -0.1) is 0 Å². The van der Waals surface area contributed by atoms with Crippen molar-refractivity contribution < 1.29 is 24.3 Å². The highest BCUT2D eigenvalue weighted by molar-refractivity contribution is 6.32. The molecular weight excluding hydrogens is 480 g/mol. The molecule has 6 rings (SSSR count). The van der Waals surface area contributed by atoms with Crippen molar-refractivity contribution in [3.63, 3.8) is 0 Å². The average molecular weight is 505 g/mol. The first-order valence-corrected chi connectivity index (χ1v) is 12.5. The summed E-state index contributed by atoms with van der Waals surface area (Å²) < 4.78 is 0. The second kappa shape index (κ2) is 7.77. The van der Waals surface area contributed by atoms with Gasteiger partial charge in [-0.25, -0.2) is 4.90 Å². The summed E-state index contributed by atoms with van der Waals surface area (Å²) in [6.07, 6.45) is 2.67. The van der Waals surface area contributed by atoms with Crippen molar-refractivity contribution in [1.82, 2.24) is 4.90 Å². The molecule has 3 fully saturated rings. The lowest BCUT2D eigenvalue weighted by atomic mass is 9.51. The molecule has 184 valence electrons. The van der Waals surface area contributed by atoms with Gasteiger partial charge in [0.05, 0.1) is 28.9 Å². The minimum Gasteiger partial charge on any atom is -0.508 e. The quantitative estimate of drug-likeness (QED) is 0.494. The number of allylic oxidation sites excluding steroid dienone is 2. The third-order valence-electron chi connectivity index (χ3n) is 8.80. The Labute approximate surface area is 213 Å². The molecule has 1 saturated carbocycles. The Morgan fingerprint density at radius 1 is 0.972 bits per heavy atom. The predicted octanol–water partition coefficient (Wildman–Crippen LogP) is 3.91. The number of nitrogens with zero attached hydrogens (tertiary/aromatic N) is 2. The van der Waals surface area contributed by atoms with Crippen LogP contribution in [0.3, 0.4) is 0 Å². The first-order chi connectivity index (χ1) is 17.2. The van der Waals surface area contributed by atoms with Crippen LogP contribution in [0.25, 0.3) is 0 Å². The van der Waals surface area contributed by atoms with Gasteiger partial charge in [0.25, 0.3) is 0 Å². The lowest BCUT2D eigenvalue weighted by Crippen LogP contribution is -2.48. The van der Waals surface area contributed by atoms with Gasteiger partial charge in [0.15, 0.2) is 0 Å². The number of para-hydroxylation sites is 1. The summed E-state index contributed by atoms with van der Waals surface area (Å²) in [5.41, 5.74) is 0.841. The number of hydrogen-bond acceptors (Lipinski definition) is 5. The van der Waals surface area contributed by atoms with Crippen molar-refractivity contribution in [3.05, 3.63) is 70.8 Å². The maximum absolute atomic E-state index is 14.2. The zero-order valence-electron chi connectivity index (χ0n) is 19.8. The highest BCUT2D eigenvalue weighted by Gasteiger charge is 2.67. The largest absolute Gasteiger partial charge is 0.508 e. The van der Waals surface area contributed by atoms with Crippen molar-refractivity contribution >= 4 is 40.9 Å². The number of likely N-dealkylation sites (tertiary alicyclic amines) is 1. The number of carbonyl (C=O) groups excluding carboxylic acids is 4. The SMILES string of the molecule is CN1C(=O)C2CC=C3C(CC4C(=O)N(c5ccccc5)C(=O)C4(C)C3c3ccc(O)cc3Cl)C2C1=O. The molecule has 1 N–H and O–H groups in total. The molecule has 2 heterocycles. The van der Waals surface area contributed by atoms with Gasteiger partial charge in [-0.3, -0.25) is 24.1 Å². The summed E-state index contributed by atoms with van der Waals surface area (Å²) in [5, 5.41) is 10.3. The fourth-order valence-corrected chi connectivity index (χ4v) is 7.37. The third kappa shape index (κ3) is 2.86. The van der Waals surface area contributed by atoms with Crippen molar-refractivity contribution in [1.29, 1.82) is 0 Å². The number of amides is 4. The number of halogens is 1. The van der Waals surface area contributed by atoms with E-state index in [4.69, 9.17) is 11.6 Å². The minimum atomic E-state index is -1.15. The Bertz CT molecular complexity index is 1370.